The Bertz CT molecular complexity index is 338. The molecule has 1 saturated carbocycles. The van der Waals surface area contributed by atoms with Gasteiger partial charge in [-0.05, 0) is 43.0 Å². The molecule has 1 N–H and O–H groups in total. The van der Waals surface area contributed by atoms with E-state index in [4.69, 9.17) is 0 Å². The molecule has 15 heavy (non-hydrogen) atoms. The van der Waals surface area contributed by atoms with Crippen molar-refractivity contribution in [2.24, 2.45) is 5.92 Å². The SMILES string of the molecule is CCC(=O)c1ccc(NCC2CC2)cc1. The standard InChI is InChI=1S/C13H17NO/c1-2-13(15)11-5-7-12(8-6-11)14-9-10-3-4-10/h5-8,10,14H,2-4,9H2,1H3. The summed E-state index contributed by atoms with van der Waals surface area (Å²) in [6.45, 7) is 2.96. The lowest BCUT2D eigenvalue weighted by Gasteiger charge is -2.05. The number of nitrogens with one attached hydrogen (secondary N) is 1. The van der Waals surface area contributed by atoms with E-state index in [0.717, 1.165) is 23.7 Å². The van der Waals surface area contributed by atoms with Gasteiger partial charge < -0.3 is 5.32 Å². The van der Waals surface area contributed by atoms with Gasteiger partial charge in [-0.2, -0.15) is 0 Å². The highest BCUT2D eigenvalue weighted by Crippen LogP contribution is 2.28. The molecule has 1 aliphatic carbocycles. The molecule has 2 rings (SSSR count). The third-order valence-corrected chi connectivity index (χ3v) is 2.82. The minimum absolute atomic E-state index is 0.212. The van der Waals surface area contributed by atoms with E-state index in [-0.39, 0.29) is 5.78 Å². The second kappa shape index (κ2) is 4.47. The summed E-state index contributed by atoms with van der Waals surface area (Å²) in [4.78, 5) is 11.4. The first-order valence-electron chi connectivity index (χ1n) is 5.66. The molecule has 0 spiro atoms. The third kappa shape index (κ3) is 2.82. The van der Waals surface area contributed by atoms with Crippen molar-refractivity contribution < 1.29 is 4.79 Å². The van der Waals surface area contributed by atoms with Crippen LogP contribution in [0.3, 0.4) is 0 Å². The van der Waals surface area contributed by atoms with Gasteiger partial charge in [-0.25, -0.2) is 0 Å². The average molecular weight is 203 g/mol. The predicted octanol–water partition coefficient (Wildman–Crippen LogP) is 3.10. The van der Waals surface area contributed by atoms with Crippen LogP contribution in [0, 0.1) is 5.92 Å². The van der Waals surface area contributed by atoms with Crippen molar-refractivity contribution in [3.63, 3.8) is 0 Å². The number of hydrogen-bond acceptors (Lipinski definition) is 2. The Hall–Kier alpha value is -1.31. The number of hydrogen-bond donors (Lipinski definition) is 1. The zero-order valence-corrected chi connectivity index (χ0v) is 9.12. The van der Waals surface area contributed by atoms with Crippen LogP contribution in [0.5, 0.6) is 0 Å². The van der Waals surface area contributed by atoms with Crippen molar-refractivity contribution in [1.29, 1.82) is 0 Å². The van der Waals surface area contributed by atoms with E-state index in [9.17, 15) is 4.79 Å². The molecule has 0 aliphatic heterocycles. The molecule has 1 fully saturated rings. The Morgan fingerprint density at radius 2 is 2.00 bits per heavy atom. The maximum atomic E-state index is 11.4. The van der Waals surface area contributed by atoms with E-state index in [1.54, 1.807) is 0 Å². The smallest absolute Gasteiger partial charge is 0.162 e. The Morgan fingerprint density at radius 3 is 2.53 bits per heavy atom. The molecule has 0 atom stereocenters. The summed E-state index contributed by atoms with van der Waals surface area (Å²) >= 11 is 0. The van der Waals surface area contributed by atoms with Crippen molar-refractivity contribution in [3.8, 4) is 0 Å². The molecule has 0 aromatic heterocycles. The van der Waals surface area contributed by atoms with E-state index in [0.29, 0.717) is 6.42 Å². The Labute approximate surface area is 90.7 Å². The quantitative estimate of drug-likeness (QED) is 0.745. The number of Topliss-reactive ketones (excluding diaryl/α,β-unsaturated/α-hetero) is 1. The van der Waals surface area contributed by atoms with Crippen LogP contribution in [0.25, 0.3) is 0 Å². The zero-order chi connectivity index (χ0) is 10.7. The van der Waals surface area contributed by atoms with Crippen LogP contribution in [-0.2, 0) is 0 Å². The highest BCUT2D eigenvalue weighted by molar-refractivity contribution is 5.96. The third-order valence-electron chi connectivity index (χ3n) is 2.82. The fraction of sp³-hybridized carbons (Fsp3) is 0.462. The first-order valence-corrected chi connectivity index (χ1v) is 5.66. The van der Waals surface area contributed by atoms with Gasteiger partial charge in [0, 0.05) is 24.2 Å². The molecule has 0 amide bonds. The van der Waals surface area contributed by atoms with Crippen molar-refractivity contribution >= 4 is 11.5 Å². The topological polar surface area (TPSA) is 29.1 Å². The van der Waals surface area contributed by atoms with E-state index in [1.807, 2.05) is 31.2 Å². The molecule has 0 saturated heterocycles. The van der Waals surface area contributed by atoms with Crippen molar-refractivity contribution in [1.82, 2.24) is 0 Å². The maximum absolute atomic E-state index is 11.4. The molecule has 0 bridgehead atoms. The minimum atomic E-state index is 0.212. The second-order valence-electron chi connectivity index (χ2n) is 4.18. The number of carbonyl (C=O) groups is 1. The minimum Gasteiger partial charge on any atom is -0.385 e. The van der Waals surface area contributed by atoms with Gasteiger partial charge in [0.05, 0.1) is 0 Å². The molecule has 80 valence electrons. The average Bonchev–Trinajstić information content (AvgIpc) is 3.10. The number of anilines is 1. The Balaban J connectivity index is 1.93. The lowest BCUT2D eigenvalue weighted by molar-refractivity contribution is 0.0988. The van der Waals surface area contributed by atoms with Crippen LogP contribution >= 0.6 is 0 Å². The lowest BCUT2D eigenvalue weighted by atomic mass is 10.1. The van der Waals surface area contributed by atoms with Gasteiger partial charge in [0.25, 0.3) is 0 Å². The van der Waals surface area contributed by atoms with E-state index >= 15 is 0 Å². The van der Waals surface area contributed by atoms with Crippen LogP contribution < -0.4 is 5.32 Å². The Kier molecular flexibility index (Phi) is 3.05. The van der Waals surface area contributed by atoms with E-state index < -0.39 is 0 Å². The van der Waals surface area contributed by atoms with Crippen molar-refractivity contribution in [2.75, 3.05) is 11.9 Å². The van der Waals surface area contributed by atoms with Gasteiger partial charge in [-0.3, -0.25) is 4.79 Å². The fourth-order valence-electron chi connectivity index (χ4n) is 1.56. The first kappa shape index (κ1) is 10.2. The summed E-state index contributed by atoms with van der Waals surface area (Å²) in [6, 6.07) is 7.79. The summed E-state index contributed by atoms with van der Waals surface area (Å²) in [6.07, 6.45) is 3.30. The van der Waals surface area contributed by atoms with Gasteiger partial charge in [0.15, 0.2) is 5.78 Å². The zero-order valence-electron chi connectivity index (χ0n) is 9.12. The molecule has 2 nitrogen and oxygen atoms in total. The summed E-state index contributed by atoms with van der Waals surface area (Å²) < 4.78 is 0. The molecule has 1 aliphatic rings. The fourth-order valence-corrected chi connectivity index (χ4v) is 1.56. The number of rotatable bonds is 5. The molecule has 0 radical (unpaired) electrons. The molecule has 2 heteroatoms. The first-order chi connectivity index (χ1) is 7.29. The summed E-state index contributed by atoms with van der Waals surface area (Å²) in [7, 11) is 0. The molecule has 0 heterocycles. The summed E-state index contributed by atoms with van der Waals surface area (Å²) in [5, 5.41) is 3.38. The van der Waals surface area contributed by atoms with Gasteiger partial charge in [-0.15, -0.1) is 0 Å². The van der Waals surface area contributed by atoms with Crippen molar-refractivity contribution in [3.05, 3.63) is 29.8 Å². The van der Waals surface area contributed by atoms with Gasteiger partial charge >= 0.3 is 0 Å². The molecule has 1 aromatic carbocycles. The van der Waals surface area contributed by atoms with Gasteiger partial charge in [-0.1, -0.05) is 6.92 Å². The van der Waals surface area contributed by atoms with E-state index in [2.05, 4.69) is 5.32 Å². The number of ketones is 1. The number of benzene rings is 1. The molecule has 1 aromatic rings. The molecular formula is C13H17NO. The highest BCUT2D eigenvalue weighted by atomic mass is 16.1. The van der Waals surface area contributed by atoms with Crippen LogP contribution in [0.15, 0.2) is 24.3 Å². The van der Waals surface area contributed by atoms with Crippen LogP contribution in [0.2, 0.25) is 0 Å². The maximum Gasteiger partial charge on any atom is 0.162 e. The van der Waals surface area contributed by atoms with Crippen LogP contribution in [-0.4, -0.2) is 12.3 Å². The normalized spacial score (nSPS) is 15.0. The summed E-state index contributed by atoms with van der Waals surface area (Å²) in [5.74, 6) is 1.09. The molecule has 0 unspecified atom stereocenters. The summed E-state index contributed by atoms with van der Waals surface area (Å²) in [5.41, 5.74) is 1.93. The Morgan fingerprint density at radius 1 is 1.33 bits per heavy atom. The number of carbonyl (C=O) groups excluding carboxylic acids is 1. The van der Waals surface area contributed by atoms with Gasteiger partial charge in [0.2, 0.25) is 0 Å². The van der Waals surface area contributed by atoms with E-state index in [1.165, 1.54) is 12.8 Å². The second-order valence-corrected chi connectivity index (χ2v) is 4.18. The lowest BCUT2D eigenvalue weighted by Crippen LogP contribution is -2.03. The highest BCUT2D eigenvalue weighted by Gasteiger charge is 2.20. The van der Waals surface area contributed by atoms with Gasteiger partial charge in [0.1, 0.15) is 0 Å². The monoisotopic (exact) mass is 203 g/mol. The largest absolute Gasteiger partial charge is 0.385 e. The van der Waals surface area contributed by atoms with Crippen LogP contribution in [0.4, 0.5) is 5.69 Å². The predicted molar refractivity (Wildman–Crippen MR) is 62.3 cm³/mol. The molecular weight excluding hydrogens is 186 g/mol. The van der Waals surface area contributed by atoms with Crippen molar-refractivity contribution in [2.45, 2.75) is 26.2 Å². The van der Waals surface area contributed by atoms with Crippen LogP contribution in [0.1, 0.15) is 36.5 Å².